The summed E-state index contributed by atoms with van der Waals surface area (Å²) in [4.78, 5) is 4.00. The fourth-order valence-electron chi connectivity index (χ4n) is 2.90. The van der Waals surface area contributed by atoms with Crippen LogP contribution >= 0.6 is 11.6 Å². The molecule has 1 aromatic heterocycles. The van der Waals surface area contributed by atoms with Gasteiger partial charge in [-0.3, -0.25) is 4.98 Å². The first-order chi connectivity index (χ1) is 13.0. The minimum atomic E-state index is -4.36. The topological polar surface area (TPSA) is 33.1 Å². The Kier molecular flexibility index (Phi) is 8.55. The van der Waals surface area contributed by atoms with Gasteiger partial charge in [-0.15, -0.1) is 0 Å². The molecule has 0 saturated carbocycles. The molecule has 0 fully saturated rings. The average Bonchev–Trinajstić information content (AvgIpc) is 2.64. The van der Waals surface area contributed by atoms with Crippen LogP contribution in [0.3, 0.4) is 0 Å². The highest BCUT2D eigenvalue weighted by molar-refractivity contribution is 6.31. The van der Waals surface area contributed by atoms with Crippen LogP contribution in [0.2, 0.25) is 5.02 Å². The van der Waals surface area contributed by atoms with Gasteiger partial charge in [-0.25, -0.2) is 0 Å². The molecule has 1 aromatic carbocycles. The largest absolute Gasteiger partial charge is 0.506 e. The Morgan fingerprint density at radius 2 is 1.82 bits per heavy atom. The standard InChI is InChI=1S/C20H21ClF3NO.C2H6/c1-5-14-9-15(20(22,23)24)8-12(3)16(14)6-11(2)7-17-18(21)10-25-13(4)19(17)26;1-2/h6,8-10,26H,5,7H2,1-4H3;1-2H3/b11-6+;. The van der Waals surface area contributed by atoms with Gasteiger partial charge < -0.3 is 5.11 Å². The van der Waals surface area contributed by atoms with Crippen molar-refractivity contribution in [3.63, 3.8) is 0 Å². The summed E-state index contributed by atoms with van der Waals surface area (Å²) >= 11 is 6.13. The first kappa shape index (κ1) is 24.0. The third-order valence-corrected chi connectivity index (χ3v) is 4.64. The summed E-state index contributed by atoms with van der Waals surface area (Å²) in [6.07, 6.45) is -0.137. The maximum atomic E-state index is 13.0. The number of rotatable bonds is 4. The van der Waals surface area contributed by atoms with Crippen LogP contribution in [0, 0.1) is 13.8 Å². The van der Waals surface area contributed by atoms with Crippen LogP contribution in [0.1, 0.15) is 61.2 Å². The fourth-order valence-corrected chi connectivity index (χ4v) is 3.11. The van der Waals surface area contributed by atoms with Crippen LogP contribution in [0.4, 0.5) is 13.2 Å². The zero-order valence-corrected chi connectivity index (χ0v) is 17.9. The second-order valence-corrected chi connectivity index (χ2v) is 6.81. The molecule has 0 radical (unpaired) electrons. The number of alkyl halides is 3. The Morgan fingerprint density at radius 3 is 2.36 bits per heavy atom. The van der Waals surface area contributed by atoms with E-state index < -0.39 is 11.7 Å². The van der Waals surface area contributed by atoms with Gasteiger partial charge in [0.15, 0.2) is 0 Å². The van der Waals surface area contributed by atoms with E-state index >= 15 is 0 Å². The zero-order valence-electron chi connectivity index (χ0n) is 17.1. The van der Waals surface area contributed by atoms with Crippen molar-refractivity contribution in [2.75, 3.05) is 0 Å². The Hall–Kier alpha value is -2.01. The molecule has 0 amide bonds. The predicted octanol–water partition coefficient (Wildman–Crippen LogP) is 7.31. The molecule has 2 nitrogen and oxygen atoms in total. The van der Waals surface area contributed by atoms with Crippen molar-refractivity contribution in [3.05, 3.63) is 62.4 Å². The van der Waals surface area contributed by atoms with E-state index in [-0.39, 0.29) is 5.75 Å². The first-order valence-electron chi connectivity index (χ1n) is 9.25. The summed E-state index contributed by atoms with van der Waals surface area (Å²) in [6, 6.07) is 2.37. The van der Waals surface area contributed by atoms with Gasteiger partial charge in [0.05, 0.1) is 16.3 Å². The zero-order chi connectivity index (χ0) is 21.6. The second-order valence-electron chi connectivity index (χ2n) is 6.40. The van der Waals surface area contributed by atoms with Crippen LogP contribution in [-0.4, -0.2) is 10.1 Å². The van der Waals surface area contributed by atoms with Crippen molar-refractivity contribution in [2.24, 2.45) is 0 Å². The Balaban J connectivity index is 0.00000190. The van der Waals surface area contributed by atoms with E-state index in [0.29, 0.717) is 40.2 Å². The van der Waals surface area contributed by atoms with Crippen LogP contribution < -0.4 is 0 Å². The Labute approximate surface area is 170 Å². The van der Waals surface area contributed by atoms with Crippen molar-refractivity contribution in [1.29, 1.82) is 0 Å². The summed E-state index contributed by atoms with van der Waals surface area (Å²) in [5.41, 5.74) is 3.28. The smallest absolute Gasteiger partial charge is 0.416 e. The Morgan fingerprint density at radius 1 is 1.21 bits per heavy atom. The number of hydrogen-bond acceptors (Lipinski definition) is 2. The van der Waals surface area contributed by atoms with E-state index in [1.165, 1.54) is 18.3 Å². The van der Waals surface area contributed by atoms with E-state index in [2.05, 4.69) is 4.98 Å². The summed E-state index contributed by atoms with van der Waals surface area (Å²) in [7, 11) is 0. The van der Waals surface area contributed by atoms with Crippen LogP contribution in [0.25, 0.3) is 6.08 Å². The predicted molar refractivity (Wildman–Crippen MR) is 110 cm³/mol. The van der Waals surface area contributed by atoms with Gasteiger partial charge in [0.1, 0.15) is 5.75 Å². The van der Waals surface area contributed by atoms with Gasteiger partial charge in [-0.05, 0) is 62.4 Å². The molecule has 1 heterocycles. The minimum absolute atomic E-state index is 0.0464. The molecular formula is C22H27ClF3NO. The maximum absolute atomic E-state index is 13.0. The highest BCUT2D eigenvalue weighted by atomic mass is 35.5. The van der Waals surface area contributed by atoms with Crippen molar-refractivity contribution in [3.8, 4) is 5.75 Å². The number of hydrogen-bond donors (Lipinski definition) is 1. The number of aryl methyl sites for hydroxylation is 3. The molecule has 0 aliphatic rings. The van der Waals surface area contributed by atoms with Gasteiger partial charge >= 0.3 is 6.18 Å². The highest BCUT2D eigenvalue weighted by Crippen LogP contribution is 2.34. The number of aromatic hydroxyl groups is 1. The summed E-state index contributed by atoms with van der Waals surface area (Å²) in [6.45, 7) is 11.1. The molecule has 2 aromatic rings. The lowest BCUT2D eigenvalue weighted by Crippen LogP contribution is -2.07. The third kappa shape index (κ3) is 5.74. The summed E-state index contributed by atoms with van der Waals surface area (Å²) < 4.78 is 39.1. The molecule has 154 valence electrons. The lowest BCUT2D eigenvalue weighted by Gasteiger charge is -2.15. The third-order valence-electron chi connectivity index (χ3n) is 4.32. The molecule has 0 atom stereocenters. The van der Waals surface area contributed by atoms with Crippen LogP contribution in [-0.2, 0) is 19.0 Å². The van der Waals surface area contributed by atoms with Gasteiger partial charge in [0.2, 0.25) is 0 Å². The molecule has 6 heteroatoms. The number of nitrogens with zero attached hydrogens (tertiary/aromatic N) is 1. The molecule has 0 aliphatic carbocycles. The molecule has 1 N–H and O–H groups in total. The average molecular weight is 414 g/mol. The van der Waals surface area contributed by atoms with E-state index in [1.54, 1.807) is 13.8 Å². The van der Waals surface area contributed by atoms with Gasteiger partial charge in [-0.1, -0.05) is 44.0 Å². The normalized spacial score (nSPS) is 11.9. The van der Waals surface area contributed by atoms with E-state index in [9.17, 15) is 18.3 Å². The molecule has 0 spiro atoms. The highest BCUT2D eigenvalue weighted by Gasteiger charge is 2.31. The number of allylic oxidation sites excluding steroid dienone is 1. The number of halogens is 4. The van der Waals surface area contributed by atoms with Crippen LogP contribution in [0.15, 0.2) is 23.9 Å². The minimum Gasteiger partial charge on any atom is -0.506 e. The maximum Gasteiger partial charge on any atom is 0.416 e. The summed E-state index contributed by atoms with van der Waals surface area (Å²) in [5.74, 6) is 0.0464. The van der Waals surface area contributed by atoms with E-state index in [1.807, 2.05) is 33.8 Å². The van der Waals surface area contributed by atoms with Crippen molar-refractivity contribution in [1.82, 2.24) is 4.98 Å². The van der Waals surface area contributed by atoms with Gasteiger partial charge in [0, 0.05) is 11.8 Å². The number of benzene rings is 1. The lowest BCUT2D eigenvalue weighted by molar-refractivity contribution is -0.137. The van der Waals surface area contributed by atoms with Gasteiger partial charge in [-0.2, -0.15) is 13.2 Å². The number of aromatic nitrogens is 1. The van der Waals surface area contributed by atoms with Crippen molar-refractivity contribution >= 4 is 17.7 Å². The Bertz CT molecular complexity index is 858. The SMILES string of the molecule is CC.CCc1cc(C(F)(F)F)cc(C)c1/C=C(\C)Cc1c(Cl)cnc(C)c1O. The van der Waals surface area contributed by atoms with Crippen molar-refractivity contribution in [2.45, 2.75) is 60.6 Å². The lowest BCUT2D eigenvalue weighted by atomic mass is 9.93. The van der Waals surface area contributed by atoms with E-state index in [0.717, 1.165) is 11.1 Å². The molecular weight excluding hydrogens is 387 g/mol. The van der Waals surface area contributed by atoms with Crippen molar-refractivity contribution < 1.29 is 18.3 Å². The fraction of sp³-hybridized carbons (Fsp3) is 0.409. The molecule has 0 aliphatic heterocycles. The number of pyridine rings is 1. The van der Waals surface area contributed by atoms with Gasteiger partial charge in [0.25, 0.3) is 0 Å². The quantitative estimate of drug-likeness (QED) is 0.569. The molecule has 0 unspecified atom stereocenters. The molecule has 2 rings (SSSR count). The van der Waals surface area contributed by atoms with Crippen LogP contribution in [0.5, 0.6) is 5.75 Å². The molecule has 28 heavy (non-hydrogen) atoms. The first-order valence-corrected chi connectivity index (χ1v) is 9.63. The molecule has 0 saturated heterocycles. The molecule has 0 bridgehead atoms. The monoisotopic (exact) mass is 413 g/mol. The van der Waals surface area contributed by atoms with E-state index in [4.69, 9.17) is 11.6 Å². The summed E-state index contributed by atoms with van der Waals surface area (Å²) in [5, 5.41) is 10.5. The second kappa shape index (κ2) is 9.97.